The lowest BCUT2D eigenvalue weighted by Crippen LogP contribution is -3.00. The van der Waals surface area contributed by atoms with Crippen LogP contribution in [-0.4, -0.2) is 70.4 Å². The van der Waals surface area contributed by atoms with Gasteiger partial charge in [0.2, 0.25) is 0 Å². The molecule has 0 N–H and O–H groups in total. The zero-order chi connectivity index (χ0) is 20.4. The molecule has 1 fully saturated rings. The van der Waals surface area contributed by atoms with E-state index in [9.17, 15) is 0 Å². The summed E-state index contributed by atoms with van der Waals surface area (Å²) in [5, 5.41) is 0. The van der Waals surface area contributed by atoms with Crippen LogP contribution in [0.3, 0.4) is 0 Å². The second-order valence-corrected chi connectivity index (χ2v) is 8.18. The molecule has 2 aromatic rings. The Balaban J connectivity index is 0.00000256. The van der Waals surface area contributed by atoms with Crippen molar-refractivity contribution in [2.75, 3.05) is 41.7 Å². The van der Waals surface area contributed by atoms with Crippen LogP contribution in [0.2, 0.25) is 0 Å². The molecule has 6 heteroatoms. The third-order valence-electron chi connectivity index (χ3n) is 6.88. The van der Waals surface area contributed by atoms with Crippen molar-refractivity contribution in [3.63, 3.8) is 0 Å². The van der Waals surface area contributed by atoms with Gasteiger partial charge in [-0.05, 0) is 11.1 Å². The zero-order valence-electron chi connectivity index (χ0n) is 18.2. The van der Waals surface area contributed by atoms with E-state index >= 15 is 0 Å². The van der Waals surface area contributed by atoms with Gasteiger partial charge in [0.25, 0.3) is 0 Å². The number of fused-ring (bicyclic) bond motifs is 3. The van der Waals surface area contributed by atoms with Crippen molar-refractivity contribution in [1.29, 1.82) is 0 Å². The van der Waals surface area contributed by atoms with Crippen LogP contribution in [0.25, 0.3) is 11.1 Å². The van der Waals surface area contributed by atoms with E-state index in [2.05, 4.69) is 48.5 Å². The predicted molar refractivity (Wildman–Crippen MR) is 112 cm³/mol. The minimum Gasteiger partial charge on any atom is -1.00 e. The molecule has 164 valence electrons. The number of rotatable bonds is 6. The van der Waals surface area contributed by atoms with Crippen LogP contribution >= 0.6 is 0 Å². The summed E-state index contributed by atoms with van der Waals surface area (Å²) in [5.74, 6) is 0. The lowest BCUT2D eigenvalue weighted by atomic mass is 9.97. The average molecular weight is 478 g/mol. The quantitative estimate of drug-likeness (QED) is 0.559. The molecular weight excluding hydrogens is 446 g/mol. The summed E-state index contributed by atoms with van der Waals surface area (Å²) in [4.78, 5) is 0. The maximum absolute atomic E-state index is 6.02. The van der Waals surface area contributed by atoms with Crippen LogP contribution in [0.15, 0.2) is 48.5 Å². The highest BCUT2D eigenvalue weighted by Gasteiger charge is 2.62. The van der Waals surface area contributed by atoms with Crippen molar-refractivity contribution in [3.8, 4) is 11.1 Å². The molecule has 2 aliphatic rings. The fourth-order valence-corrected chi connectivity index (χ4v) is 5.68. The van der Waals surface area contributed by atoms with Crippen molar-refractivity contribution in [1.82, 2.24) is 0 Å². The van der Waals surface area contributed by atoms with E-state index in [4.69, 9.17) is 18.9 Å². The predicted octanol–water partition coefficient (Wildman–Crippen LogP) is 0.262. The largest absolute Gasteiger partial charge is 1.00 e. The van der Waals surface area contributed by atoms with Gasteiger partial charge in [0, 0.05) is 39.6 Å². The molecule has 2 heterocycles. The van der Waals surface area contributed by atoms with Gasteiger partial charge in [-0.15, -0.1) is 0 Å². The summed E-state index contributed by atoms with van der Waals surface area (Å²) in [6, 6.07) is 17.8. The summed E-state index contributed by atoms with van der Waals surface area (Å²) >= 11 is 0. The molecule has 0 bridgehead atoms. The lowest BCUT2D eigenvalue weighted by Gasteiger charge is -2.44. The maximum Gasteiger partial charge on any atom is 0.143 e. The molecule has 2 aliphatic heterocycles. The highest BCUT2D eigenvalue weighted by molar-refractivity contribution is 5.71. The Bertz CT molecular complexity index is 776. The summed E-state index contributed by atoms with van der Waals surface area (Å²) in [5.41, 5.74) is 5.35. The molecule has 1 saturated heterocycles. The van der Waals surface area contributed by atoms with Gasteiger partial charge >= 0.3 is 0 Å². The normalized spacial score (nSPS) is 26.5. The van der Waals surface area contributed by atoms with Crippen molar-refractivity contribution in [3.05, 3.63) is 59.7 Å². The first-order valence-electron chi connectivity index (χ1n) is 10.3. The molecule has 0 radical (unpaired) electrons. The highest BCUT2D eigenvalue weighted by atomic mass is 79.9. The van der Waals surface area contributed by atoms with Gasteiger partial charge in [-0.2, -0.15) is 0 Å². The molecule has 0 unspecified atom stereocenters. The van der Waals surface area contributed by atoms with Crippen LogP contribution in [0.5, 0.6) is 0 Å². The average Bonchev–Trinajstić information content (AvgIpc) is 2.88. The fraction of sp³-hybridized carbons (Fsp3) is 0.500. The first-order chi connectivity index (χ1) is 14.2. The van der Waals surface area contributed by atoms with E-state index < -0.39 is 0 Å². The smallest absolute Gasteiger partial charge is 0.143 e. The lowest BCUT2D eigenvalue weighted by molar-refractivity contribution is -0.988. The molecule has 30 heavy (non-hydrogen) atoms. The van der Waals surface area contributed by atoms with Crippen molar-refractivity contribution >= 4 is 0 Å². The van der Waals surface area contributed by atoms with E-state index in [-0.39, 0.29) is 41.3 Å². The summed E-state index contributed by atoms with van der Waals surface area (Å²) in [6.07, 6.45) is -0.116. The van der Waals surface area contributed by atoms with Crippen LogP contribution in [0, 0.1) is 0 Å². The monoisotopic (exact) mass is 477 g/mol. The Hall–Kier alpha value is -1.28. The topological polar surface area (TPSA) is 36.9 Å². The molecule has 5 nitrogen and oxygen atoms in total. The number of hydrogen-bond donors (Lipinski definition) is 0. The molecule has 0 saturated carbocycles. The van der Waals surface area contributed by atoms with Crippen LogP contribution in [0.4, 0.5) is 0 Å². The Kier molecular flexibility index (Phi) is 7.71. The number of nitrogens with zero attached hydrogens (tertiary/aromatic N) is 1. The second kappa shape index (κ2) is 9.90. The van der Waals surface area contributed by atoms with Crippen LogP contribution < -0.4 is 17.0 Å². The molecule has 0 amide bonds. The van der Waals surface area contributed by atoms with Crippen LogP contribution in [-0.2, 0) is 32.0 Å². The number of ether oxygens (including phenoxy) is 4. The van der Waals surface area contributed by atoms with Gasteiger partial charge in [-0.3, -0.25) is 0 Å². The molecular formula is C24H32BrNO4. The minimum absolute atomic E-state index is 0. The van der Waals surface area contributed by atoms with Crippen molar-refractivity contribution in [2.45, 2.75) is 37.4 Å². The first kappa shape index (κ1) is 23.4. The number of halogens is 1. The van der Waals surface area contributed by atoms with E-state index in [1.807, 2.05) is 0 Å². The van der Waals surface area contributed by atoms with E-state index in [1.54, 1.807) is 28.4 Å². The number of hydrogen-bond acceptors (Lipinski definition) is 4. The summed E-state index contributed by atoms with van der Waals surface area (Å²) < 4.78 is 24.3. The Morgan fingerprint density at radius 2 is 1.10 bits per heavy atom. The Morgan fingerprint density at radius 1 is 0.700 bits per heavy atom. The maximum atomic E-state index is 6.02. The summed E-state index contributed by atoms with van der Waals surface area (Å²) in [6.45, 7) is 3.02. The zero-order valence-corrected chi connectivity index (χ0v) is 19.8. The number of methoxy groups -OCH3 is 4. The number of quaternary nitrogens is 1. The van der Waals surface area contributed by atoms with Crippen molar-refractivity contribution < 1.29 is 40.4 Å². The minimum atomic E-state index is -0.0578. The van der Waals surface area contributed by atoms with E-state index in [0.29, 0.717) is 13.2 Å². The Labute approximate surface area is 190 Å². The summed E-state index contributed by atoms with van der Waals surface area (Å²) in [7, 11) is 7.11. The molecule has 0 aliphatic carbocycles. The molecule has 1 spiro atoms. The van der Waals surface area contributed by atoms with Gasteiger partial charge in [-0.1, -0.05) is 48.5 Å². The van der Waals surface area contributed by atoms with E-state index in [1.165, 1.54) is 22.3 Å². The number of benzene rings is 2. The van der Waals surface area contributed by atoms with Gasteiger partial charge in [0.15, 0.2) is 0 Å². The standard InChI is InChI=1S/C24H32NO4.BrH/c1-26-15-21-23(28-3)24(29-4)22(16-27-2)25(21)13-17-9-5-7-11-19(17)20-12-8-6-10-18(20)14-25;/h5-12,21-24H,13-16H2,1-4H3;1H/q+1;/p-1/t21-,22-,23+,24+;/m0./s1. The van der Waals surface area contributed by atoms with Gasteiger partial charge in [0.05, 0.1) is 0 Å². The van der Waals surface area contributed by atoms with Crippen molar-refractivity contribution in [2.24, 2.45) is 0 Å². The second-order valence-electron chi connectivity index (χ2n) is 8.18. The van der Waals surface area contributed by atoms with Gasteiger partial charge in [0.1, 0.15) is 50.6 Å². The molecule has 4 rings (SSSR count). The third kappa shape index (κ3) is 3.74. The van der Waals surface area contributed by atoms with Gasteiger partial charge < -0.3 is 40.4 Å². The highest BCUT2D eigenvalue weighted by Crippen LogP contribution is 2.45. The van der Waals surface area contributed by atoms with Crippen LogP contribution in [0.1, 0.15) is 11.1 Å². The third-order valence-corrected chi connectivity index (χ3v) is 6.88. The van der Waals surface area contributed by atoms with Gasteiger partial charge in [-0.25, -0.2) is 0 Å². The molecule has 2 aromatic carbocycles. The SMILES string of the molecule is COC[C@H]1[C@@H](OC)[C@H](OC)[C@H](COC)[N+]12Cc1ccccc1-c1ccccc1C2.[Br-]. The van der Waals surface area contributed by atoms with E-state index in [0.717, 1.165) is 17.6 Å². The Morgan fingerprint density at radius 3 is 1.47 bits per heavy atom. The molecule has 4 atom stereocenters. The molecule has 0 aromatic heterocycles. The first-order valence-corrected chi connectivity index (χ1v) is 10.3. The fourth-order valence-electron chi connectivity index (χ4n) is 5.68.